The van der Waals surface area contributed by atoms with Gasteiger partial charge in [-0.05, 0) is 30.9 Å². The van der Waals surface area contributed by atoms with Crippen LogP contribution < -0.4 is 5.32 Å². The van der Waals surface area contributed by atoms with E-state index in [1.54, 1.807) is 18.3 Å². The Balaban J connectivity index is 1.87. The molecule has 0 aliphatic heterocycles. The Hall–Kier alpha value is -1.46. The summed E-state index contributed by atoms with van der Waals surface area (Å²) in [4.78, 5) is 13.1. The van der Waals surface area contributed by atoms with Crippen molar-refractivity contribution in [2.45, 2.75) is 31.4 Å². The Morgan fingerprint density at radius 1 is 1.33 bits per heavy atom. The van der Waals surface area contributed by atoms with Gasteiger partial charge in [-0.25, -0.2) is 0 Å². The van der Waals surface area contributed by atoms with Crippen molar-refractivity contribution in [1.29, 1.82) is 0 Å². The van der Waals surface area contributed by atoms with Crippen molar-refractivity contribution in [3.8, 4) is 0 Å². The first-order valence-corrected chi connectivity index (χ1v) is 9.05. The molecular weight excluding hydrogens is 302 g/mol. The average molecular weight is 321 g/mol. The normalized spacial score (nSPS) is 13.6. The molecule has 1 N–H and O–H groups in total. The summed E-state index contributed by atoms with van der Waals surface area (Å²) in [6.07, 6.45) is 0. The highest BCUT2D eigenvalue weighted by Gasteiger charge is 2.20. The minimum atomic E-state index is -1.21. The zero-order valence-corrected chi connectivity index (χ0v) is 13.8. The second kappa shape index (κ2) is 7.52. The third kappa shape index (κ3) is 4.79. The lowest BCUT2D eigenvalue weighted by molar-refractivity contribution is -0.120. The zero-order valence-electron chi connectivity index (χ0n) is 12.2. The number of thiophene rings is 1. The highest BCUT2D eigenvalue weighted by molar-refractivity contribution is 7.85. The standard InChI is InChI=1S/C16H19NO2S2/c1-12-5-3-6-14(9-12)11-21(19)13(2)16(18)17-10-15-7-4-8-20-15/h3-9,13H,10-11H2,1-2H3,(H,17,18). The summed E-state index contributed by atoms with van der Waals surface area (Å²) in [5.41, 5.74) is 2.14. The van der Waals surface area contributed by atoms with E-state index in [9.17, 15) is 9.00 Å². The van der Waals surface area contributed by atoms with Crippen LogP contribution >= 0.6 is 11.3 Å². The van der Waals surface area contributed by atoms with Crippen molar-refractivity contribution in [2.75, 3.05) is 0 Å². The van der Waals surface area contributed by atoms with Gasteiger partial charge >= 0.3 is 0 Å². The largest absolute Gasteiger partial charge is 0.350 e. The van der Waals surface area contributed by atoms with Gasteiger partial charge in [0, 0.05) is 21.4 Å². The average Bonchev–Trinajstić information content (AvgIpc) is 2.97. The molecule has 0 bridgehead atoms. The molecule has 3 nitrogen and oxygen atoms in total. The van der Waals surface area contributed by atoms with Gasteiger partial charge in [0.1, 0.15) is 5.25 Å². The van der Waals surface area contributed by atoms with Gasteiger partial charge in [0.25, 0.3) is 0 Å². The lowest BCUT2D eigenvalue weighted by atomic mass is 10.2. The maximum Gasteiger partial charge on any atom is 0.235 e. The van der Waals surface area contributed by atoms with Gasteiger partial charge in [-0.15, -0.1) is 11.3 Å². The number of carbonyl (C=O) groups is 1. The Kier molecular flexibility index (Phi) is 5.70. The number of nitrogens with one attached hydrogen (secondary N) is 1. The van der Waals surface area contributed by atoms with Crippen LogP contribution in [0, 0.1) is 6.92 Å². The van der Waals surface area contributed by atoms with Crippen LogP contribution in [0.15, 0.2) is 41.8 Å². The highest BCUT2D eigenvalue weighted by atomic mass is 32.2. The van der Waals surface area contributed by atoms with Gasteiger partial charge in [0.15, 0.2) is 0 Å². The summed E-state index contributed by atoms with van der Waals surface area (Å²) >= 11 is 1.60. The van der Waals surface area contributed by atoms with Crippen LogP contribution in [0.2, 0.25) is 0 Å². The summed E-state index contributed by atoms with van der Waals surface area (Å²) in [6, 6.07) is 11.8. The number of hydrogen-bond acceptors (Lipinski definition) is 3. The molecule has 0 aliphatic carbocycles. The monoisotopic (exact) mass is 321 g/mol. The molecule has 0 spiro atoms. The van der Waals surface area contributed by atoms with Gasteiger partial charge < -0.3 is 5.32 Å². The lowest BCUT2D eigenvalue weighted by Crippen LogP contribution is -2.35. The summed E-state index contributed by atoms with van der Waals surface area (Å²) in [5.74, 6) is 0.254. The number of hydrogen-bond donors (Lipinski definition) is 1. The SMILES string of the molecule is Cc1cccc(CS(=O)C(C)C(=O)NCc2cccs2)c1. The van der Waals surface area contributed by atoms with Crippen molar-refractivity contribution in [2.24, 2.45) is 0 Å². The Morgan fingerprint density at radius 3 is 2.81 bits per heavy atom. The molecule has 2 rings (SSSR count). The molecule has 21 heavy (non-hydrogen) atoms. The minimum absolute atomic E-state index is 0.158. The van der Waals surface area contributed by atoms with Crippen molar-refractivity contribution >= 4 is 28.0 Å². The van der Waals surface area contributed by atoms with Crippen LogP contribution in [0.5, 0.6) is 0 Å². The quantitative estimate of drug-likeness (QED) is 0.889. The fourth-order valence-corrected chi connectivity index (χ4v) is 3.67. The minimum Gasteiger partial charge on any atom is -0.350 e. The van der Waals surface area contributed by atoms with Crippen molar-refractivity contribution in [1.82, 2.24) is 5.32 Å². The second-order valence-electron chi connectivity index (χ2n) is 4.95. The van der Waals surface area contributed by atoms with E-state index in [1.165, 1.54) is 0 Å². The van der Waals surface area contributed by atoms with Crippen LogP contribution in [0.4, 0.5) is 0 Å². The van der Waals surface area contributed by atoms with E-state index in [1.807, 2.05) is 48.7 Å². The molecule has 0 radical (unpaired) electrons. The van der Waals surface area contributed by atoms with Gasteiger partial charge in [-0.1, -0.05) is 35.9 Å². The Bertz CT molecular complexity index is 623. The van der Waals surface area contributed by atoms with Gasteiger partial charge in [-0.2, -0.15) is 0 Å². The van der Waals surface area contributed by atoms with Crippen molar-refractivity contribution in [3.05, 3.63) is 57.8 Å². The zero-order chi connectivity index (χ0) is 15.2. The second-order valence-corrected chi connectivity index (χ2v) is 7.74. The van der Waals surface area contributed by atoms with Gasteiger partial charge in [-0.3, -0.25) is 9.00 Å². The molecule has 2 atom stereocenters. The first-order valence-electron chi connectivity index (χ1n) is 6.79. The smallest absolute Gasteiger partial charge is 0.235 e. The fraction of sp³-hybridized carbons (Fsp3) is 0.312. The van der Waals surface area contributed by atoms with Crippen LogP contribution in [0.1, 0.15) is 22.9 Å². The molecule has 1 heterocycles. The number of rotatable bonds is 6. The topological polar surface area (TPSA) is 46.2 Å². The number of carbonyl (C=O) groups excluding carboxylic acids is 1. The Labute approximate surface area is 131 Å². The Morgan fingerprint density at radius 2 is 2.14 bits per heavy atom. The molecule has 1 aromatic carbocycles. The fourth-order valence-electron chi connectivity index (χ4n) is 1.94. The number of benzene rings is 1. The molecule has 112 valence electrons. The van der Waals surface area contributed by atoms with Gasteiger partial charge in [0.05, 0.1) is 6.54 Å². The van der Waals surface area contributed by atoms with Gasteiger partial charge in [0.2, 0.25) is 5.91 Å². The molecule has 2 unspecified atom stereocenters. The van der Waals surface area contributed by atoms with E-state index in [0.29, 0.717) is 12.3 Å². The number of aryl methyl sites for hydroxylation is 1. The summed E-state index contributed by atoms with van der Waals surface area (Å²) in [7, 11) is -1.21. The molecule has 1 amide bonds. The first kappa shape index (κ1) is 15.9. The molecule has 1 aromatic heterocycles. The molecule has 2 aromatic rings. The molecule has 0 aliphatic rings. The van der Waals surface area contributed by atoms with E-state index >= 15 is 0 Å². The van der Waals surface area contributed by atoms with Crippen LogP contribution in [-0.4, -0.2) is 15.4 Å². The van der Waals surface area contributed by atoms with Crippen molar-refractivity contribution in [3.63, 3.8) is 0 Å². The van der Waals surface area contributed by atoms with Crippen LogP contribution in [-0.2, 0) is 27.9 Å². The third-order valence-electron chi connectivity index (χ3n) is 3.17. The van der Waals surface area contributed by atoms with E-state index in [2.05, 4.69) is 5.32 Å². The molecule has 5 heteroatoms. The van der Waals surface area contributed by atoms with Crippen LogP contribution in [0.3, 0.4) is 0 Å². The molecule has 0 saturated carbocycles. The predicted molar refractivity (Wildman–Crippen MR) is 88.7 cm³/mol. The molecular formula is C16H19NO2S2. The van der Waals surface area contributed by atoms with E-state index in [4.69, 9.17) is 0 Å². The molecule has 0 saturated heterocycles. The van der Waals surface area contributed by atoms with Crippen LogP contribution in [0.25, 0.3) is 0 Å². The number of amides is 1. The predicted octanol–water partition coefficient (Wildman–Crippen LogP) is 3.01. The van der Waals surface area contributed by atoms with Crippen molar-refractivity contribution < 1.29 is 9.00 Å². The highest BCUT2D eigenvalue weighted by Crippen LogP contribution is 2.11. The maximum atomic E-state index is 12.3. The molecule has 0 fully saturated rings. The van der Waals surface area contributed by atoms with E-state index < -0.39 is 16.0 Å². The summed E-state index contributed by atoms with van der Waals surface area (Å²) in [6.45, 7) is 4.22. The van der Waals surface area contributed by atoms with E-state index in [-0.39, 0.29) is 5.91 Å². The van der Waals surface area contributed by atoms with E-state index in [0.717, 1.165) is 16.0 Å². The summed E-state index contributed by atoms with van der Waals surface area (Å²) < 4.78 is 12.3. The summed E-state index contributed by atoms with van der Waals surface area (Å²) in [5, 5.41) is 4.31. The first-order chi connectivity index (χ1) is 10.1. The maximum absolute atomic E-state index is 12.3. The lowest BCUT2D eigenvalue weighted by Gasteiger charge is -2.12. The third-order valence-corrected chi connectivity index (χ3v) is 5.67.